The lowest BCUT2D eigenvalue weighted by Gasteiger charge is -2.11. The van der Waals surface area contributed by atoms with E-state index in [0.717, 1.165) is 0 Å². The Morgan fingerprint density at radius 1 is 1.32 bits per heavy atom. The molecular formula is C11H14ClN3O4. The molecule has 3 amide bonds. The predicted molar refractivity (Wildman–Crippen MR) is 70.3 cm³/mol. The fourth-order valence-electron chi connectivity index (χ4n) is 1.21. The molecule has 8 heteroatoms. The number of hydrogen-bond donors (Lipinski definition) is 3. The number of halogens is 1. The molecule has 0 aliphatic heterocycles. The second-order valence-electron chi connectivity index (χ2n) is 3.27. The molecule has 0 aliphatic rings. The quantitative estimate of drug-likeness (QED) is 0.743. The van der Waals surface area contributed by atoms with Gasteiger partial charge in [-0.15, -0.1) is 0 Å². The largest absolute Gasteiger partial charge is 0.495 e. The van der Waals surface area contributed by atoms with E-state index in [2.05, 4.69) is 20.9 Å². The molecule has 0 spiro atoms. The summed E-state index contributed by atoms with van der Waals surface area (Å²) in [6.07, 6.45) is -0.754. The van der Waals surface area contributed by atoms with Gasteiger partial charge in [-0.3, -0.25) is 0 Å². The van der Waals surface area contributed by atoms with Gasteiger partial charge in [0.25, 0.3) is 0 Å². The van der Waals surface area contributed by atoms with Crippen LogP contribution in [-0.2, 0) is 4.74 Å². The van der Waals surface area contributed by atoms with Crippen LogP contribution in [-0.4, -0.2) is 25.8 Å². The molecule has 0 radical (unpaired) electrons. The lowest BCUT2D eigenvalue weighted by atomic mass is 10.3. The Hall–Kier alpha value is -2.15. The molecule has 1 aromatic rings. The zero-order valence-electron chi connectivity index (χ0n) is 10.5. The van der Waals surface area contributed by atoms with Crippen molar-refractivity contribution in [2.75, 3.05) is 19.0 Å². The Morgan fingerprint density at radius 2 is 2.05 bits per heavy atom. The van der Waals surface area contributed by atoms with Crippen molar-refractivity contribution in [3.05, 3.63) is 23.2 Å². The van der Waals surface area contributed by atoms with Gasteiger partial charge in [-0.2, -0.15) is 0 Å². The van der Waals surface area contributed by atoms with E-state index in [1.54, 1.807) is 19.1 Å². The molecular weight excluding hydrogens is 274 g/mol. The Labute approximate surface area is 115 Å². The van der Waals surface area contributed by atoms with Crippen LogP contribution in [0, 0.1) is 0 Å². The number of benzene rings is 1. The van der Waals surface area contributed by atoms with E-state index in [1.165, 1.54) is 13.2 Å². The third-order valence-corrected chi connectivity index (χ3v) is 2.20. The lowest BCUT2D eigenvalue weighted by Crippen LogP contribution is -2.44. The van der Waals surface area contributed by atoms with Crippen molar-refractivity contribution in [2.24, 2.45) is 0 Å². The Kier molecular flexibility index (Phi) is 5.74. The summed E-state index contributed by atoms with van der Waals surface area (Å²) in [6, 6.07) is 4.09. The topological polar surface area (TPSA) is 88.7 Å². The number of carbonyl (C=O) groups is 2. The van der Waals surface area contributed by atoms with Gasteiger partial charge < -0.3 is 14.8 Å². The van der Waals surface area contributed by atoms with Crippen LogP contribution in [0.3, 0.4) is 0 Å². The van der Waals surface area contributed by atoms with E-state index >= 15 is 0 Å². The van der Waals surface area contributed by atoms with Gasteiger partial charge in [-0.25, -0.2) is 20.4 Å². The van der Waals surface area contributed by atoms with Gasteiger partial charge >= 0.3 is 12.1 Å². The average molecular weight is 288 g/mol. The van der Waals surface area contributed by atoms with E-state index in [0.29, 0.717) is 16.5 Å². The van der Waals surface area contributed by atoms with Crippen molar-refractivity contribution in [2.45, 2.75) is 6.92 Å². The summed E-state index contributed by atoms with van der Waals surface area (Å²) < 4.78 is 9.62. The number of methoxy groups -OCH3 is 1. The first-order valence-corrected chi connectivity index (χ1v) is 5.78. The first-order chi connectivity index (χ1) is 9.06. The van der Waals surface area contributed by atoms with Crippen LogP contribution < -0.4 is 20.9 Å². The minimum absolute atomic E-state index is 0.206. The molecule has 104 valence electrons. The minimum atomic E-state index is -0.754. The van der Waals surface area contributed by atoms with Crippen LogP contribution in [0.25, 0.3) is 0 Å². The summed E-state index contributed by atoms with van der Waals surface area (Å²) in [5, 5.41) is 2.91. The first kappa shape index (κ1) is 14.9. The highest BCUT2D eigenvalue weighted by atomic mass is 35.5. The second-order valence-corrected chi connectivity index (χ2v) is 3.71. The molecule has 0 aromatic heterocycles. The Bertz CT molecular complexity index is 467. The predicted octanol–water partition coefficient (Wildman–Crippen LogP) is 2.13. The number of amides is 3. The van der Waals surface area contributed by atoms with Crippen molar-refractivity contribution >= 4 is 29.4 Å². The third-order valence-electron chi connectivity index (χ3n) is 1.96. The highest BCUT2D eigenvalue weighted by molar-refractivity contribution is 6.31. The van der Waals surface area contributed by atoms with Crippen LogP contribution in [0.15, 0.2) is 18.2 Å². The molecule has 0 atom stereocenters. The number of urea groups is 1. The maximum absolute atomic E-state index is 11.5. The number of hydrogen-bond acceptors (Lipinski definition) is 4. The van der Waals surface area contributed by atoms with Gasteiger partial charge in [0.1, 0.15) is 5.75 Å². The molecule has 19 heavy (non-hydrogen) atoms. The van der Waals surface area contributed by atoms with E-state index in [-0.39, 0.29) is 6.61 Å². The number of rotatable bonds is 3. The second kappa shape index (κ2) is 7.32. The van der Waals surface area contributed by atoms with Crippen LogP contribution >= 0.6 is 11.6 Å². The van der Waals surface area contributed by atoms with Crippen molar-refractivity contribution in [1.82, 2.24) is 10.9 Å². The molecule has 3 N–H and O–H groups in total. The smallest absolute Gasteiger partial charge is 0.426 e. The Balaban J connectivity index is 2.57. The van der Waals surface area contributed by atoms with Gasteiger partial charge in [0.15, 0.2) is 0 Å². The number of anilines is 1. The van der Waals surface area contributed by atoms with E-state index < -0.39 is 12.1 Å². The van der Waals surface area contributed by atoms with Gasteiger partial charge in [0, 0.05) is 5.02 Å². The van der Waals surface area contributed by atoms with Gasteiger partial charge in [-0.05, 0) is 25.1 Å². The van der Waals surface area contributed by atoms with Crippen molar-refractivity contribution in [3.8, 4) is 5.75 Å². The number of nitrogens with one attached hydrogen (secondary N) is 3. The average Bonchev–Trinajstić information content (AvgIpc) is 2.37. The maximum atomic E-state index is 11.5. The number of carbonyl (C=O) groups excluding carboxylic acids is 2. The summed E-state index contributed by atoms with van der Waals surface area (Å²) >= 11 is 5.81. The molecule has 0 heterocycles. The highest BCUT2D eigenvalue weighted by Gasteiger charge is 2.09. The zero-order chi connectivity index (χ0) is 14.3. The zero-order valence-corrected chi connectivity index (χ0v) is 11.2. The van der Waals surface area contributed by atoms with Crippen LogP contribution in [0.4, 0.5) is 15.3 Å². The van der Waals surface area contributed by atoms with E-state index in [9.17, 15) is 9.59 Å². The van der Waals surface area contributed by atoms with Gasteiger partial charge in [0.2, 0.25) is 0 Å². The molecule has 0 unspecified atom stereocenters. The lowest BCUT2D eigenvalue weighted by molar-refractivity contribution is 0.148. The van der Waals surface area contributed by atoms with E-state index in [4.69, 9.17) is 16.3 Å². The van der Waals surface area contributed by atoms with E-state index in [1.807, 2.05) is 0 Å². The molecule has 0 aliphatic carbocycles. The fourth-order valence-corrected chi connectivity index (χ4v) is 1.38. The van der Waals surface area contributed by atoms with Crippen molar-refractivity contribution in [3.63, 3.8) is 0 Å². The van der Waals surface area contributed by atoms with Gasteiger partial charge in [-0.1, -0.05) is 11.6 Å². The number of hydrazine groups is 1. The summed E-state index contributed by atoms with van der Waals surface area (Å²) in [5.74, 6) is 0.440. The molecule has 7 nitrogen and oxygen atoms in total. The first-order valence-electron chi connectivity index (χ1n) is 5.40. The summed E-state index contributed by atoms with van der Waals surface area (Å²) in [6.45, 7) is 1.85. The monoisotopic (exact) mass is 287 g/mol. The van der Waals surface area contributed by atoms with Crippen molar-refractivity contribution in [1.29, 1.82) is 0 Å². The standard InChI is InChI=1S/C11H14ClN3O4/c1-3-19-11(17)15-14-10(16)13-8-6-7(12)4-5-9(8)18-2/h4-6H,3H2,1-2H3,(H,15,17)(H2,13,14,16). The number of ether oxygens (including phenoxy) is 2. The van der Waals surface area contributed by atoms with Crippen LogP contribution in [0.1, 0.15) is 6.92 Å². The highest BCUT2D eigenvalue weighted by Crippen LogP contribution is 2.27. The molecule has 0 saturated heterocycles. The van der Waals surface area contributed by atoms with Crippen LogP contribution in [0.5, 0.6) is 5.75 Å². The minimum Gasteiger partial charge on any atom is -0.495 e. The van der Waals surface area contributed by atoms with Crippen molar-refractivity contribution < 1.29 is 19.1 Å². The summed E-state index contributed by atoms with van der Waals surface area (Å²) in [7, 11) is 1.46. The SMILES string of the molecule is CCOC(=O)NNC(=O)Nc1cc(Cl)ccc1OC. The molecule has 1 aromatic carbocycles. The maximum Gasteiger partial charge on any atom is 0.426 e. The molecule has 0 bridgehead atoms. The van der Waals surface area contributed by atoms with Gasteiger partial charge in [0.05, 0.1) is 19.4 Å². The summed E-state index contributed by atoms with van der Waals surface area (Å²) in [5.41, 5.74) is 4.55. The normalized spacial score (nSPS) is 9.42. The molecule has 1 rings (SSSR count). The van der Waals surface area contributed by atoms with Crippen LogP contribution in [0.2, 0.25) is 5.02 Å². The Morgan fingerprint density at radius 3 is 2.68 bits per heavy atom. The fraction of sp³-hybridized carbons (Fsp3) is 0.273. The molecule has 0 saturated carbocycles. The summed E-state index contributed by atoms with van der Waals surface area (Å²) in [4.78, 5) is 22.5. The molecule has 0 fully saturated rings. The third kappa shape index (κ3) is 4.92.